The lowest BCUT2D eigenvalue weighted by Crippen LogP contribution is -2.30. The first-order chi connectivity index (χ1) is 9.26. The molecular formula is C15H24N4. The van der Waals surface area contributed by atoms with Crippen molar-refractivity contribution in [2.75, 3.05) is 17.2 Å². The Kier molecular flexibility index (Phi) is 3.58. The molecule has 3 rings (SSSR count). The van der Waals surface area contributed by atoms with E-state index < -0.39 is 0 Å². The second kappa shape index (κ2) is 5.35. The van der Waals surface area contributed by atoms with E-state index in [0.717, 1.165) is 35.9 Å². The maximum atomic E-state index is 4.55. The highest BCUT2D eigenvalue weighted by Crippen LogP contribution is 2.49. The van der Waals surface area contributed by atoms with E-state index in [9.17, 15) is 0 Å². The molecule has 4 unspecified atom stereocenters. The van der Waals surface area contributed by atoms with Crippen molar-refractivity contribution in [1.82, 2.24) is 9.97 Å². The van der Waals surface area contributed by atoms with Crippen LogP contribution < -0.4 is 10.6 Å². The fraction of sp³-hybridized carbons (Fsp3) is 0.733. The zero-order valence-electron chi connectivity index (χ0n) is 11.9. The number of hydrogen-bond donors (Lipinski definition) is 2. The standard InChI is InChI=1S/C15H24N4/c1-3-17-14-8-16-9-15(19-14)18-10(2)13-7-11-4-5-12(13)6-11/h8-13H,3-7H2,1-2H3,(H2,17,18,19). The quantitative estimate of drug-likeness (QED) is 0.854. The molecule has 1 aromatic heterocycles. The molecule has 4 nitrogen and oxygen atoms in total. The molecule has 2 saturated carbocycles. The lowest BCUT2D eigenvalue weighted by molar-refractivity contribution is 0.304. The Morgan fingerprint density at radius 2 is 2.11 bits per heavy atom. The molecule has 0 amide bonds. The third-order valence-corrected chi connectivity index (χ3v) is 4.80. The zero-order valence-corrected chi connectivity index (χ0v) is 11.9. The fourth-order valence-electron chi connectivity index (χ4n) is 3.95. The minimum Gasteiger partial charge on any atom is -0.369 e. The molecule has 2 aliphatic carbocycles. The summed E-state index contributed by atoms with van der Waals surface area (Å²) in [5.74, 6) is 4.51. The minimum absolute atomic E-state index is 0.501. The molecule has 2 N–H and O–H groups in total. The molecule has 0 spiro atoms. The summed E-state index contributed by atoms with van der Waals surface area (Å²) in [4.78, 5) is 8.79. The van der Waals surface area contributed by atoms with Crippen LogP contribution in [0.2, 0.25) is 0 Å². The second-order valence-electron chi connectivity index (χ2n) is 6.09. The summed E-state index contributed by atoms with van der Waals surface area (Å²) in [5, 5.41) is 6.76. The van der Waals surface area contributed by atoms with Gasteiger partial charge >= 0.3 is 0 Å². The number of anilines is 2. The SMILES string of the molecule is CCNc1cncc(NC(C)C2CC3CCC2C3)n1. The van der Waals surface area contributed by atoms with Gasteiger partial charge in [0.05, 0.1) is 12.4 Å². The van der Waals surface area contributed by atoms with Crippen LogP contribution in [0.4, 0.5) is 11.6 Å². The largest absolute Gasteiger partial charge is 0.369 e. The van der Waals surface area contributed by atoms with Crippen molar-refractivity contribution < 1.29 is 0 Å². The van der Waals surface area contributed by atoms with Crippen LogP contribution in [0.3, 0.4) is 0 Å². The van der Waals surface area contributed by atoms with E-state index in [4.69, 9.17) is 0 Å². The van der Waals surface area contributed by atoms with Gasteiger partial charge in [0.15, 0.2) is 0 Å². The zero-order chi connectivity index (χ0) is 13.2. The van der Waals surface area contributed by atoms with Gasteiger partial charge in [-0.05, 0) is 50.9 Å². The number of nitrogens with zero attached hydrogens (tertiary/aromatic N) is 2. The Hall–Kier alpha value is -1.32. The molecule has 2 aliphatic rings. The number of rotatable bonds is 5. The van der Waals surface area contributed by atoms with Gasteiger partial charge < -0.3 is 10.6 Å². The molecule has 0 aromatic carbocycles. The van der Waals surface area contributed by atoms with Crippen LogP contribution in [0.25, 0.3) is 0 Å². The molecule has 0 radical (unpaired) electrons. The molecule has 0 saturated heterocycles. The van der Waals surface area contributed by atoms with Crippen LogP contribution in [-0.2, 0) is 0 Å². The van der Waals surface area contributed by atoms with E-state index in [0.29, 0.717) is 6.04 Å². The highest BCUT2D eigenvalue weighted by Gasteiger charge is 2.41. The van der Waals surface area contributed by atoms with Gasteiger partial charge in [-0.15, -0.1) is 0 Å². The smallest absolute Gasteiger partial charge is 0.147 e. The van der Waals surface area contributed by atoms with Crippen molar-refractivity contribution in [2.24, 2.45) is 17.8 Å². The van der Waals surface area contributed by atoms with Crippen molar-refractivity contribution in [1.29, 1.82) is 0 Å². The molecule has 104 valence electrons. The molecule has 19 heavy (non-hydrogen) atoms. The second-order valence-corrected chi connectivity index (χ2v) is 6.09. The first kappa shape index (κ1) is 12.7. The first-order valence-corrected chi connectivity index (χ1v) is 7.58. The molecule has 1 heterocycles. The van der Waals surface area contributed by atoms with Gasteiger partial charge in [-0.3, -0.25) is 4.98 Å². The van der Waals surface area contributed by atoms with Crippen LogP contribution in [0.1, 0.15) is 39.5 Å². The van der Waals surface area contributed by atoms with Gasteiger partial charge in [-0.2, -0.15) is 0 Å². The highest BCUT2D eigenvalue weighted by molar-refractivity contribution is 5.42. The average molecular weight is 260 g/mol. The number of nitrogens with one attached hydrogen (secondary N) is 2. The minimum atomic E-state index is 0.501. The summed E-state index contributed by atoms with van der Waals surface area (Å²) in [6.45, 7) is 5.24. The molecule has 1 aromatic rings. The Bertz CT molecular complexity index is 434. The lowest BCUT2D eigenvalue weighted by atomic mass is 9.84. The Morgan fingerprint density at radius 1 is 1.26 bits per heavy atom. The van der Waals surface area contributed by atoms with E-state index in [2.05, 4.69) is 34.4 Å². The van der Waals surface area contributed by atoms with Crippen molar-refractivity contribution in [3.63, 3.8) is 0 Å². The first-order valence-electron chi connectivity index (χ1n) is 7.58. The number of hydrogen-bond acceptors (Lipinski definition) is 4. The maximum Gasteiger partial charge on any atom is 0.147 e. The van der Waals surface area contributed by atoms with Crippen molar-refractivity contribution >= 4 is 11.6 Å². The van der Waals surface area contributed by atoms with Crippen LogP contribution in [0, 0.1) is 17.8 Å². The maximum absolute atomic E-state index is 4.55. The monoisotopic (exact) mass is 260 g/mol. The summed E-state index contributed by atoms with van der Waals surface area (Å²) in [6, 6.07) is 0.501. The molecule has 2 bridgehead atoms. The molecule has 2 fully saturated rings. The van der Waals surface area contributed by atoms with Crippen molar-refractivity contribution in [2.45, 2.75) is 45.6 Å². The average Bonchev–Trinajstić information content (AvgIpc) is 3.02. The van der Waals surface area contributed by atoms with Gasteiger partial charge in [0, 0.05) is 12.6 Å². The van der Waals surface area contributed by atoms with E-state index >= 15 is 0 Å². The van der Waals surface area contributed by atoms with Crippen molar-refractivity contribution in [3.8, 4) is 0 Å². The normalized spacial score (nSPS) is 30.3. The van der Waals surface area contributed by atoms with Crippen molar-refractivity contribution in [3.05, 3.63) is 12.4 Å². The third-order valence-electron chi connectivity index (χ3n) is 4.80. The molecule has 4 atom stereocenters. The topological polar surface area (TPSA) is 49.8 Å². The molecular weight excluding hydrogens is 236 g/mol. The highest BCUT2D eigenvalue weighted by atomic mass is 15.1. The van der Waals surface area contributed by atoms with E-state index in [1.54, 1.807) is 6.20 Å². The predicted molar refractivity (Wildman–Crippen MR) is 78.2 cm³/mol. The van der Waals surface area contributed by atoms with E-state index in [-0.39, 0.29) is 0 Å². The van der Waals surface area contributed by atoms with Gasteiger partial charge in [0.1, 0.15) is 11.6 Å². The number of aromatic nitrogens is 2. The van der Waals surface area contributed by atoms with E-state index in [1.807, 2.05) is 6.20 Å². The molecule has 4 heteroatoms. The van der Waals surface area contributed by atoms with Gasteiger partial charge in [0.2, 0.25) is 0 Å². The summed E-state index contributed by atoms with van der Waals surface area (Å²) >= 11 is 0. The van der Waals surface area contributed by atoms with Gasteiger partial charge in [-0.1, -0.05) is 6.42 Å². The van der Waals surface area contributed by atoms with E-state index in [1.165, 1.54) is 25.7 Å². The summed E-state index contributed by atoms with van der Waals surface area (Å²) < 4.78 is 0. The summed E-state index contributed by atoms with van der Waals surface area (Å²) in [5.41, 5.74) is 0. The Balaban J connectivity index is 1.62. The Morgan fingerprint density at radius 3 is 2.79 bits per heavy atom. The van der Waals surface area contributed by atoms with Crippen LogP contribution in [0.5, 0.6) is 0 Å². The summed E-state index contributed by atoms with van der Waals surface area (Å²) in [6.07, 6.45) is 9.36. The lowest BCUT2D eigenvalue weighted by Gasteiger charge is -2.28. The Labute approximate surface area is 115 Å². The summed E-state index contributed by atoms with van der Waals surface area (Å²) in [7, 11) is 0. The fourth-order valence-corrected chi connectivity index (χ4v) is 3.95. The molecule has 0 aliphatic heterocycles. The third kappa shape index (κ3) is 2.67. The number of fused-ring (bicyclic) bond motifs is 2. The van der Waals surface area contributed by atoms with Gasteiger partial charge in [0.25, 0.3) is 0 Å². The van der Waals surface area contributed by atoms with Crippen LogP contribution in [0.15, 0.2) is 12.4 Å². The van der Waals surface area contributed by atoms with Crippen LogP contribution in [-0.4, -0.2) is 22.6 Å². The van der Waals surface area contributed by atoms with Crippen LogP contribution >= 0.6 is 0 Å². The van der Waals surface area contributed by atoms with Gasteiger partial charge in [-0.25, -0.2) is 4.98 Å². The predicted octanol–water partition coefficient (Wildman–Crippen LogP) is 3.15.